The normalized spacial score (nSPS) is 17.9. The van der Waals surface area contributed by atoms with E-state index in [1.165, 1.54) is 37.8 Å². The van der Waals surface area contributed by atoms with Crippen LogP contribution in [0.2, 0.25) is 0 Å². The number of hydrogen-bond donors (Lipinski definition) is 1. The van der Waals surface area contributed by atoms with Gasteiger partial charge in [0.2, 0.25) is 0 Å². The van der Waals surface area contributed by atoms with E-state index in [1.807, 2.05) is 6.33 Å². The van der Waals surface area contributed by atoms with E-state index in [4.69, 9.17) is 0 Å². The standard InChI is InChI=1S/C13H23N3/c1-11-12(2)16(10-15-11)9-8-14-13-6-4-3-5-7-13/h10,13-14H,3-9H2,1-2H3. The lowest BCUT2D eigenvalue weighted by molar-refractivity contribution is 0.367. The molecule has 0 saturated heterocycles. The van der Waals surface area contributed by atoms with Crippen molar-refractivity contribution in [1.82, 2.24) is 14.9 Å². The highest BCUT2D eigenvalue weighted by molar-refractivity contribution is 5.08. The van der Waals surface area contributed by atoms with Gasteiger partial charge in [0.25, 0.3) is 0 Å². The molecule has 1 N–H and O–H groups in total. The first-order chi connectivity index (χ1) is 7.77. The van der Waals surface area contributed by atoms with Crippen LogP contribution in [0.3, 0.4) is 0 Å². The van der Waals surface area contributed by atoms with Gasteiger partial charge in [0.05, 0.1) is 12.0 Å². The number of nitrogens with zero attached hydrogens (tertiary/aromatic N) is 2. The molecule has 0 spiro atoms. The van der Waals surface area contributed by atoms with Gasteiger partial charge in [-0.15, -0.1) is 0 Å². The number of rotatable bonds is 4. The zero-order valence-corrected chi connectivity index (χ0v) is 10.5. The average molecular weight is 221 g/mol. The highest BCUT2D eigenvalue weighted by atomic mass is 15.1. The lowest BCUT2D eigenvalue weighted by Crippen LogP contribution is -2.33. The van der Waals surface area contributed by atoms with Crippen molar-refractivity contribution < 1.29 is 0 Å². The molecule has 16 heavy (non-hydrogen) atoms. The zero-order chi connectivity index (χ0) is 11.4. The molecular weight excluding hydrogens is 198 g/mol. The molecule has 1 aliphatic rings. The largest absolute Gasteiger partial charge is 0.333 e. The second-order valence-corrected chi connectivity index (χ2v) is 4.90. The van der Waals surface area contributed by atoms with E-state index in [0.717, 1.165) is 24.8 Å². The maximum atomic E-state index is 4.32. The Morgan fingerprint density at radius 2 is 2.06 bits per heavy atom. The van der Waals surface area contributed by atoms with Crippen LogP contribution < -0.4 is 5.32 Å². The Morgan fingerprint density at radius 3 is 2.69 bits per heavy atom. The van der Waals surface area contributed by atoms with Crippen molar-refractivity contribution in [2.75, 3.05) is 6.54 Å². The second kappa shape index (κ2) is 5.48. The predicted molar refractivity (Wildman–Crippen MR) is 66.6 cm³/mol. The van der Waals surface area contributed by atoms with Crippen LogP contribution in [-0.4, -0.2) is 22.1 Å². The summed E-state index contributed by atoms with van der Waals surface area (Å²) in [5, 5.41) is 3.66. The molecule has 0 aliphatic heterocycles. The summed E-state index contributed by atoms with van der Waals surface area (Å²) in [6, 6.07) is 0.763. The predicted octanol–water partition coefficient (Wildman–Crippen LogP) is 2.42. The summed E-state index contributed by atoms with van der Waals surface area (Å²) in [5.41, 5.74) is 2.45. The Morgan fingerprint density at radius 1 is 1.31 bits per heavy atom. The quantitative estimate of drug-likeness (QED) is 0.846. The summed E-state index contributed by atoms with van der Waals surface area (Å²) < 4.78 is 2.24. The molecule has 1 heterocycles. The monoisotopic (exact) mass is 221 g/mol. The fourth-order valence-corrected chi connectivity index (χ4v) is 2.47. The highest BCUT2D eigenvalue weighted by Crippen LogP contribution is 2.17. The molecule has 0 radical (unpaired) electrons. The molecule has 1 fully saturated rings. The third-order valence-corrected chi connectivity index (χ3v) is 3.74. The highest BCUT2D eigenvalue weighted by Gasteiger charge is 2.12. The molecule has 1 saturated carbocycles. The first kappa shape index (κ1) is 11.6. The average Bonchev–Trinajstić information content (AvgIpc) is 2.62. The molecule has 1 aliphatic carbocycles. The van der Waals surface area contributed by atoms with Crippen molar-refractivity contribution in [2.45, 2.75) is 58.5 Å². The number of hydrogen-bond acceptors (Lipinski definition) is 2. The molecular formula is C13H23N3. The first-order valence-corrected chi connectivity index (χ1v) is 6.49. The van der Waals surface area contributed by atoms with Crippen molar-refractivity contribution in [3.8, 4) is 0 Å². The molecule has 0 aromatic carbocycles. The topological polar surface area (TPSA) is 29.9 Å². The van der Waals surface area contributed by atoms with Gasteiger partial charge in [-0.2, -0.15) is 0 Å². The Kier molecular flexibility index (Phi) is 3.99. The van der Waals surface area contributed by atoms with Crippen LogP contribution in [0.1, 0.15) is 43.5 Å². The van der Waals surface area contributed by atoms with Crippen LogP contribution in [0.25, 0.3) is 0 Å². The lowest BCUT2D eigenvalue weighted by atomic mass is 9.95. The summed E-state index contributed by atoms with van der Waals surface area (Å²) in [5.74, 6) is 0. The van der Waals surface area contributed by atoms with Crippen LogP contribution in [-0.2, 0) is 6.54 Å². The number of aromatic nitrogens is 2. The Hall–Kier alpha value is -0.830. The summed E-state index contributed by atoms with van der Waals surface area (Å²) >= 11 is 0. The molecule has 1 aromatic rings. The summed E-state index contributed by atoms with van der Waals surface area (Å²) in [4.78, 5) is 4.32. The van der Waals surface area contributed by atoms with E-state index in [0.29, 0.717) is 0 Å². The molecule has 3 nitrogen and oxygen atoms in total. The number of nitrogens with one attached hydrogen (secondary N) is 1. The molecule has 0 atom stereocenters. The van der Waals surface area contributed by atoms with Crippen molar-refractivity contribution in [1.29, 1.82) is 0 Å². The summed E-state index contributed by atoms with van der Waals surface area (Å²) in [7, 11) is 0. The Labute approximate surface area is 98.3 Å². The van der Waals surface area contributed by atoms with Gasteiger partial charge in [-0.1, -0.05) is 19.3 Å². The van der Waals surface area contributed by atoms with Crippen LogP contribution in [0.15, 0.2) is 6.33 Å². The Balaban J connectivity index is 1.73. The van der Waals surface area contributed by atoms with Gasteiger partial charge in [-0.25, -0.2) is 4.98 Å². The van der Waals surface area contributed by atoms with E-state index in [1.54, 1.807) is 0 Å². The molecule has 0 unspecified atom stereocenters. The lowest BCUT2D eigenvalue weighted by Gasteiger charge is -2.23. The minimum absolute atomic E-state index is 0.763. The Bertz CT molecular complexity index is 324. The minimum atomic E-state index is 0.763. The van der Waals surface area contributed by atoms with Gasteiger partial charge >= 0.3 is 0 Å². The van der Waals surface area contributed by atoms with Gasteiger partial charge in [-0.05, 0) is 26.7 Å². The SMILES string of the molecule is Cc1ncn(CCNC2CCCCC2)c1C. The molecule has 3 heteroatoms. The molecule has 0 amide bonds. The summed E-state index contributed by atoms with van der Waals surface area (Å²) in [6.45, 7) is 6.33. The van der Waals surface area contributed by atoms with Gasteiger partial charge in [0, 0.05) is 24.8 Å². The van der Waals surface area contributed by atoms with Crippen molar-refractivity contribution in [3.63, 3.8) is 0 Å². The number of aryl methyl sites for hydroxylation is 1. The minimum Gasteiger partial charge on any atom is -0.333 e. The van der Waals surface area contributed by atoms with E-state index in [-0.39, 0.29) is 0 Å². The van der Waals surface area contributed by atoms with E-state index < -0.39 is 0 Å². The van der Waals surface area contributed by atoms with E-state index in [9.17, 15) is 0 Å². The molecule has 2 rings (SSSR count). The van der Waals surface area contributed by atoms with E-state index in [2.05, 4.69) is 28.7 Å². The van der Waals surface area contributed by atoms with Crippen LogP contribution in [0, 0.1) is 13.8 Å². The van der Waals surface area contributed by atoms with Crippen molar-refractivity contribution in [2.24, 2.45) is 0 Å². The van der Waals surface area contributed by atoms with Gasteiger partial charge in [0.15, 0.2) is 0 Å². The molecule has 90 valence electrons. The maximum Gasteiger partial charge on any atom is 0.0951 e. The third kappa shape index (κ3) is 2.85. The van der Waals surface area contributed by atoms with Gasteiger partial charge in [0.1, 0.15) is 0 Å². The fourth-order valence-electron chi connectivity index (χ4n) is 2.47. The van der Waals surface area contributed by atoms with Gasteiger partial charge < -0.3 is 9.88 Å². The molecule has 0 bridgehead atoms. The van der Waals surface area contributed by atoms with Crippen LogP contribution >= 0.6 is 0 Å². The first-order valence-electron chi connectivity index (χ1n) is 6.49. The van der Waals surface area contributed by atoms with Crippen LogP contribution in [0.4, 0.5) is 0 Å². The second-order valence-electron chi connectivity index (χ2n) is 4.90. The van der Waals surface area contributed by atoms with Gasteiger partial charge in [-0.3, -0.25) is 0 Å². The van der Waals surface area contributed by atoms with Crippen molar-refractivity contribution >= 4 is 0 Å². The molecule has 1 aromatic heterocycles. The summed E-state index contributed by atoms with van der Waals surface area (Å²) in [6.07, 6.45) is 8.91. The van der Waals surface area contributed by atoms with E-state index >= 15 is 0 Å². The maximum absolute atomic E-state index is 4.32. The van der Waals surface area contributed by atoms with Crippen molar-refractivity contribution in [3.05, 3.63) is 17.7 Å². The van der Waals surface area contributed by atoms with Crippen LogP contribution in [0.5, 0.6) is 0 Å². The fraction of sp³-hybridized carbons (Fsp3) is 0.769. The third-order valence-electron chi connectivity index (χ3n) is 3.74. The number of imidazole rings is 1. The smallest absolute Gasteiger partial charge is 0.0951 e. The zero-order valence-electron chi connectivity index (χ0n) is 10.5.